The van der Waals surface area contributed by atoms with Crippen LogP contribution < -0.4 is 22.1 Å². The monoisotopic (exact) mass is 302 g/mol. The minimum Gasteiger partial charge on any atom is -0.399 e. The summed E-state index contributed by atoms with van der Waals surface area (Å²) in [7, 11) is 0. The van der Waals surface area contributed by atoms with Crippen molar-refractivity contribution < 1.29 is 9.53 Å². The number of nitrogens with one attached hydrogen (secondary N) is 2. The van der Waals surface area contributed by atoms with Gasteiger partial charge in [-0.2, -0.15) is 0 Å². The zero-order valence-corrected chi connectivity index (χ0v) is 12.6. The van der Waals surface area contributed by atoms with E-state index in [2.05, 4.69) is 10.6 Å². The SMILES string of the molecule is CCOC1(N)C=CC(NC(=O)NCc2ccc(N)cc2)=CC1. The van der Waals surface area contributed by atoms with Crippen molar-refractivity contribution in [1.29, 1.82) is 0 Å². The van der Waals surface area contributed by atoms with Crippen LogP contribution in [0.3, 0.4) is 0 Å². The number of nitrogen functional groups attached to an aromatic ring is 1. The summed E-state index contributed by atoms with van der Waals surface area (Å²) in [6.07, 6.45) is 5.87. The van der Waals surface area contributed by atoms with Crippen LogP contribution in [-0.2, 0) is 11.3 Å². The van der Waals surface area contributed by atoms with E-state index in [-0.39, 0.29) is 6.03 Å². The molecule has 6 N–H and O–H groups in total. The number of anilines is 1. The number of amides is 2. The Morgan fingerprint density at radius 3 is 2.68 bits per heavy atom. The van der Waals surface area contributed by atoms with Crippen LogP contribution in [0.1, 0.15) is 18.9 Å². The van der Waals surface area contributed by atoms with Crippen LogP contribution in [0, 0.1) is 0 Å². The van der Waals surface area contributed by atoms with E-state index in [9.17, 15) is 4.79 Å². The van der Waals surface area contributed by atoms with E-state index in [0.717, 1.165) is 5.56 Å². The molecule has 0 radical (unpaired) electrons. The third-order valence-electron chi connectivity index (χ3n) is 3.29. The third-order valence-corrected chi connectivity index (χ3v) is 3.29. The number of ether oxygens (including phenoxy) is 1. The van der Waals surface area contributed by atoms with Crippen molar-refractivity contribution in [2.24, 2.45) is 5.73 Å². The average Bonchev–Trinajstić information content (AvgIpc) is 2.49. The molecule has 1 aromatic rings. The molecule has 2 rings (SSSR count). The maximum Gasteiger partial charge on any atom is 0.319 e. The number of rotatable bonds is 5. The lowest BCUT2D eigenvalue weighted by molar-refractivity contribution is 0.00518. The second-order valence-corrected chi connectivity index (χ2v) is 5.13. The maximum atomic E-state index is 11.9. The number of allylic oxidation sites excluding steroid dienone is 1. The number of carbonyl (C=O) groups excluding carboxylic acids is 1. The Hall–Kier alpha value is -2.31. The number of hydrogen-bond donors (Lipinski definition) is 4. The van der Waals surface area contributed by atoms with E-state index in [4.69, 9.17) is 16.2 Å². The van der Waals surface area contributed by atoms with Gasteiger partial charge in [0.05, 0.1) is 0 Å². The summed E-state index contributed by atoms with van der Waals surface area (Å²) < 4.78 is 5.45. The Bertz CT molecular complexity index is 580. The highest BCUT2D eigenvalue weighted by atomic mass is 16.5. The molecule has 0 aliphatic heterocycles. The van der Waals surface area contributed by atoms with Crippen LogP contribution in [0.4, 0.5) is 10.5 Å². The van der Waals surface area contributed by atoms with Gasteiger partial charge in [-0.25, -0.2) is 4.79 Å². The van der Waals surface area contributed by atoms with Crippen molar-refractivity contribution >= 4 is 11.7 Å². The van der Waals surface area contributed by atoms with Gasteiger partial charge in [0.1, 0.15) is 5.72 Å². The van der Waals surface area contributed by atoms with Gasteiger partial charge in [-0.15, -0.1) is 0 Å². The molecule has 1 unspecified atom stereocenters. The molecule has 0 aromatic heterocycles. The first-order chi connectivity index (χ1) is 10.5. The van der Waals surface area contributed by atoms with Crippen molar-refractivity contribution in [2.75, 3.05) is 12.3 Å². The largest absolute Gasteiger partial charge is 0.399 e. The first-order valence-electron chi connectivity index (χ1n) is 7.22. The normalized spacial score (nSPS) is 20.4. The Balaban J connectivity index is 1.80. The van der Waals surface area contributed by atoms with E-state index < -0.39 is 5.72 Å². The van der Waals surface area contributed by atoms with Gasteiger partial charge in [-0.05, 0) is 36.8 Å². The van der Waals surface area contributed by atoms with Crippen molar-refractivity contribution in [3.05, 3.63) is 53.8 Å². The number of urea groups is 1. The Morgan fingerprint density at radius 1 is 1.36 bits per heavy atom. The highest BCUT2D eigenvalue weighted by Crippen LogP contribution is 2.18. The topological polar surface area (TPSA) is 102 Å². The van der Waals surface area contributed by atoms with Crippen LogP contribution >= 0.6 is 0 Å². The fraction of sp³-hybridized carbons (Fsp3) is 0.312. The van der Waals surface area contributed by atoms with Crippen LogP contribution in [0.2, 0.25) is 0 Å². The second kappa shape index (κ2) is 7.11. The molecule has 1 aromatic carbocycles. The Kier molecular flexibility index (Phi) is 5.19. The van der Waals surface area contributed by atoms with E-state index in [0.29, 0.717) is 31.0 Å². The fourth-order valence-corrected chi connectivity index (χ4v) is 2.10. The van der Waals surface area contributed by atoms with Gasteiger partial charge in [0.25, 0.3) is 0 Å². The average molecular weight is 302 g/mol. The molecule has 6 nitrogen and oxygen atoms in total. The summed E-state index contributed by atoms with van der Waals surface area (Å²) in [6, 6.07) is 7.08. The highest BCUT2D eigenvalue weighted by molar-refractivity contribution is 5.76. The number of benzene rings is 1. The summed E-state index contributed by atoms with van der Waals surface area (Å²) in [5.74, 6) is 0. The van der Waals surface area contributed by atoms with Gasteiger partial charge in [-0.1, -0.05) is 18.2 Å². The second-order valence-electron chi connectivity index (χ2n) is 5.13. The van der Waals surface area contributed by atoms with Gasteiger partial charge in [0, 0.05) is 31.0 Å². The van der Waals surface area contributed by atoms with E-state index in [1.807, 2.05) is 25.1 Å². The molecule has 0 saturated carbocycles. The van der Waals surface area contributed by atoms with E-state index >= 15 is 0 Å². The predicted octanol–water partition coefficient (Wildman–Crippen LogP) is 1.60. The Morgan fingerprint density at radius 2 is 2.09 bits per heavy atom. The third kappa shape index (κ3) is 4.61. The first kappa shape index (κ1) is 16.1. The summed E-state index contributed by atoms with van der Waals surface area (Å²) in [6.45, 7) is 2.87. The predicted molar refractivity (Wildman–Crippen MR) is 86.6 cm³/mol. The van der Waals surface area contributed by atoms with Crippen LogP contribution in [0.15, 0.2) is 48.2 Å². The molecule has 1 atom stereocenters. The van der Waals surface area contributed by atoms with E-state index in [1.54, 1.807) is 24.3 Å². The van der Waals surface area contributed by atoms with Crippen molar-refractivity contribution in [3.8, 4) is 0 Å². The first-order valence-corrected chi connectivity index (χ1v) is 7.22. The zero-order chi connectivity index (χ0) is 16.0. The molecule has 0 saturated heterocycles. The molecule has 6 heteroatoms. The van der Waals surface area contributed by atoms with Crippen molar-refractivity contribution in [3.63, 3.8) is 0 Å². The number of hydrogen-bond acceptors (Lipinski definition) is 4. The molecule has 0 spiro atoms. The maximum absolute atomic E-state index is 11.9. The number of nitrogens with two attached hydrogens (primary N) is 2. The molecule has 0 heterocycles. The van der Waals surface area contributed by atoms with Gasteiger partial charge in [0.2, 0.25) is 0 Å². The summed E-state index contributed by atoms with van der Waals surface area (Å²) in [5, 5.41) is 5.55. The summed E-state index contributed by atoms with van der Waals surface area (Å²) >= 11 is 0. The molecule has 0 bridgehead atoms. The minimum atomic E-state index is -0.777. The summed E-state index contributed by atoms with van der Waals surface area (Å²) in [4.78, 5) is 11.9. The molecule has 0 fully saturated rings. The highest BCUT2D eigenvalue weighted by Gasteiger charge is 2.23. The fourth-order valence-electron chi connectivity index (χ4n) is 2.10. The van der Waals surface area contributed by atoms with Gasteiger partial charge >= 0.3 is 6.03 Å². The zero-order valence-electron chi connectivity index (χ0n) is 12.6. The lowest BCUT2D eigenvalue weighted by Crippen LogP contribution is -2.42. The molecule has 118 valence electrons. The van der Waals surface area contributed by atoms with Gasteiger partial charge in [0.15, 0.2) is 0 Å². The summed E-state index contributed by atoms with van der Waals surface area (Å²) in [5.41, 5.74) is 13.2. The quantitative estimate of drug-likeness (QED) is 0.490. The van der Waals surface area contributed by atoms with Crippen molar-refractivity contribution in [2.45, 2.75) is 25.6 Å². The van der Waals surface area contributed by atoms with Gasteiger partial charge in [-0.3, -0.25) is 5.73 Å². The van der Waals surface area contributed by atoms with E-state index in [1.165, 1.54) is 0 Å². The molecule has 1 aliphatic rings. The smallest absolute Gasteiger partial charge is 0.319 e. The minimum absolute atomic E-state index is 0.270. The van der Waals surface area contributed by atoms with Crippen LogP contribution in [-0.4, -0.2) is 18.4 Å². The molecule has 2 amide bonds. The van der Waals surface area contributed by atoms with Crippen molar-refractivity contribution in [1.82, 2.24) is 10.6 Å². The molecular weight excluding hydrogens is 280 g/mol. The standard InChI is InChI=1S/C16H22N4O2/c1-2-22-16(18)9-7-14(8-10-16)20-15(21)19-11-12-3-5-13(17)6-4-12/h3-9H,2,10-11,17-18H2,1H3,(H2,19,20,21). The van der Waals surface area contributed by atoms with Gasteiger partial charge < -0.3 is 21.1 Å². The van der Waals surface area contributed by atoms with Crippen LogP contribution in [0.25, 0.3) is 0 Å². The number of carbonyl (C=O) groups is 1. The molecule has 22 heavy (non-hydrogen) atoms. The molecule has 1 aliphatic carbocycles. The lowest BCUT2D eigenvalue weighted by atomic mass is 10.0. The lowest BCUT2D eigenvalue weighted by Gasteiger charge is -2.27. The Labute approximate surface area is 130 Å². The van der Waals surface area contributed by atoms with Crippen LogP contribution in [0.5, 0.6) is 0 Å². The molecular formula is C16H22N4O2.